The molecule has 8 nitrogen and oxygen atoms in total. The van der Waals surface area contributed by atoms with Crippen molar-refractivity contribution in [3.8, 4) is 11.5 Å². The Balaban J connectivity index is 1.52. The quantitative estimate of drug-likeness (QED) is 0.172. The van der Waals surface area contributed by atoms with Gasteiger partial charge in [0.15, 0.2) is 5.75 Å². The van der Waals surface area contributed by atoms with Crippen LogP contribution in [0.25, 0.3) is 10.8 Å². The lowest BCUT2D eigenvalue weighted by molar-refractivity contribution is 0.101. The summed E-state index contributed by atoms with van der Waals surface area (Å²) in [5, 5.41) is 27.3. The summed E-state index contributed by atoms with van der Waals surface area (Å²) in [6.45, 7) is 1.84. The van der Waals surface area contributed by atoms with E-state index in [1.807, 2.05) is 37.3 Å². The van der Waals surface area contributed by atoms with E-state index in [4.69, 9.17) is 16.3 Å². The third-order valence-electron chi connectivity index (χ3n) is 6.42. The van der Waals surface area contributed by atoms with Crippen LogP contribution in [-0.2, 0) is 0 Å². The van der Waals surface area contributed by atoms with Crippen molar-refractivity contribution in [1.29, 1.82) is 0 Å². The molecule has 0 aromatic heterocycles. The number of nitrogens with zero attached hydrogens (tertiary/aromatic N) is 2. The van der Waals surface area contributed by atoms with E-state index in [0.717, 1.165) is 5.56 Å². The number of para-hydroxylation sites is 1. The molecular weight excluding hydrogens is 540 g/mol. The van der Waals surface area contributed by atoms with Crippen LogP contribution in [0.5, 0.6) is 11.5 Å². The van der Waals surface area contributed by atoms with Gasteiger partial charge in [-0.1, -0.05) is 60.1 Å². The molecule has 0 heterocycles. The number of ether oxygens (including phenoxy) is 1. The minimum atomic E-state index is -0.535. The fraction of sp³-hybridized carbons (Fsp3) is 0.0625. The lowest BCUT2D eigenvalue weighted by Crippen LogP contribution is -2.13. The maximum absolute atomic E-state index is 13.3. The molecule has 204 valence electrons. The average Bonchev–Trinajstić information content (AvgIpc) is 2.98. The second-order valence-corrected chi connectivity index (χ2v) is 9.60. The average molecular weight is 565 g/mol. The number of hydrogen-bond acceptors (Lipinski definition) is 6. The number of aromatic hydroxyl groups is 1. The van der Waals surface area contributed by atoms with Gasteiger partial charge in [0, 0.05) is 27.3 Å². The van der Waals surface area contributed by atoms with Crippen LogP contribution >= 0.6 is 11.6 Å². The minimum Gasteiger partial charge on any atom is -0.505 e. The summed E-state index contributed by atoms with van der Waals surface area (Å²) >= 11 is 6.11. The van der Waals surface area contributed by atoms with E-state index in [1.54, 1.807) is 66.7 Å². The van der Waals surface area contributed by atoms with Crippen molar-refractivity contribution in [1.82, 2.24) is 0 Å². The predicted octanol–water partition coefficient (Wildman–Crippen LogP) is 8.44. The molecule has 9 heteroatoms. The number of nitrogens with one attached hydrogen (secondary N) is 2. The van der Waals surface area contributed by atoms with Crippen molar-refractivity contribution in [3.05, 3.63) is 119 Å². The van der Waals surface area contributed by atoms with Crippen molar-refractivity contribution in [2.75, 3.05) is 17.7 Å². The first-order chi connectivity index (χ1) is 19.8. The number of hydrogen-bond donors (Lipinski definition) is 3. The van der Waals surface area contributed by atoms with Gasteiger partial charge in [-0.2, -0.15) is 0 Å². The Bertz CT molecular complexity index is 1810. The number of rotatable bonds is 7. The van der Waals surface area contributed by atoms with Crippen molar-refractivity contribution in [2.45, 2.75) is 6.92 Å². The van der Waals surface area contributed by atoms with Gasteiger partial charge < -0.3 is 20.5 Å². The largest absolute Gasteiger partial charge is 0.505 e. The highest BCUT2D eigenvalue weighted by Crippen LogP contribution is 2.41. The van der Waals surface area contributed by atoms with E-state index in [-0.39, 0.29) is 28.6 Å². The van der Waals surface area contributed by atoms with E-state index in [1.165, 1.54) is 7.11 Å². The lowest BCUT2D eigenvalue weighted by Gasteiger charge is -2.13. The van der Waals surface area contributed by atoms with Crippen LogP contribution in [0, 0.1) is 6.92 Å². The van der Waals surface area contributed by atoms with Crippen molar-refractivity contribution >= 4 is 56.9 Å². The number of azo groups is 1. The number of carbonyl (C=O) groups excluding carboxylic acids is 2. The molecule has 2 amide bonds. The van der Waals surface area contributed by atoms with Crippen LogP contribution in [0.2, 0.25) is 5.02 Å². The Morgan fingerprint density at radius 1 is 0.829 bits per heavy atom. The fourth-order valence-corrected chi connectivity index (χ4v) is 4.42. The summed E-state index contributed by atoms with van der Waals surface area (Å²) in [7, 11) is 1.48. The number of aryl methyl sites for hydroxylation is 1. The molecule has 0 radical (unpaired) electrons. The number of carbonyl (C=O) groups is 2. The SMILES string of the molecule is COc1ccc(C(=O)Nc2ccccc2)cc1/N=N/c1c(O)c(C(=O)Nc2cc(Cl)ccc2C)cc2ccccc12. The molecule has 0 aliphatic rings. The maximum atomic E-state index is 13.3. The number of amides is 2. The van der Waals surface area contributed by atoms with Gasteiger partial charge in [0.1, 0.15) is 17.1 Å². The number of fused-ring (bicyclic) bond motifs is 1. The van der Waals surface area contributed by atoms with E-state index in [2.05, 4.69) is 20.9 Å². The van der Waals surface area contributed by atoms with Crippen LogP contribution in [0.4, 0.5) is 22.7 Å². The first-order valence-electron chi connectivity index (χ1n) is 12.6. The molecule has 0 aliphatic carbocycles. The van der Waals surface area contributed by atoms with Crippen LogP contribution in [0.15, 0.2) is 107 Å². The molecule has 41 heavy (non-hydrogen) atoms. The van der Waals surface area contributed by atoms with Gasteiger partial charge in [0.25, 0.3) is 11.8 Å². The van der Waals surface area contributed by atoms with E-state index in [9.17, 15) is 14.7 Å². The van der Waals surface area contributed by atoms with Gasteiger partial charge in [-0.3, -0.25) is 9.59 Å². The van der Waals surface area contributed by atoms with Gasteiger partial charge in [0.05, 0.1) is 12.7 Å². The summed E-state index contributed by atoms with van der Waals surface area (Å²) in [4.78, 5) is 26.2. The highest BCUT2D eigenvalue weighted by Gasteiger charge is 2.20. The monoisotopic (exact) mass is 564 g/mol. The lowest BCUT2D eigenvalue weighted by atomic mass is 10.0. The number of anilines is 2. The topological polar surface area (TPSA) is 112 Å². The first-order valence-corrected chi connectivity index (χ1v) is 13.0. The number of phenols is 1. The van der Waals surface area contributed by atoms with Gasteiger partial charge in [-0.15, -0.1) is 10.2 Å². The fourth-order valence-electron chi connectivity index (χ4n) is 4.25. The summed E-state index contributed by atoms with van der Waals surface area (Å²) in [6.07, 6.45) is 0. The molecular formula is C32H25ClN4O4. The summed E-state index contributed by atoms with van der Waals surface area (Å²) in [6, 6.07) is 27.8. The summed E-state index contributed by atoms with van der Waals surface area (Å²) in [5.74, 6) is -0.841. The standard InChI is InChI=1S/C32H25ClN4O4/c1-19-12-14-22(33)18-26(19)35-32(40)25-16-20-8-6-7-11-24(20)29(30(25)38)37-36-27-17-21(13-15-28(27)41-2)31(39)34-23-9-4-3-5-10-23/h3-18,38H,1-2H3,(H,34,39)(H,35,40)/b37-36+. The van der Waals surface area contributed by atoms with Crippen molar-refractivity contribution < 1.29 is 19.4 Å². The second kappa shape index (κ2) is 11.9. The van der Waals surface area contributed by atoms with E-state index < -0.39 is 5.91 Å². The Hall–Kier alpha value is -5.21. The number of phenolic OH excluding ortho intramolecular Hbond substituents is 1. The molecule has 0 saturated heterocycles. The molecule has 5 rings (SSSR count). The van der Waals surface area contributed by atoms with Crippen molar-refractivity contribution in [3.63, 3.8) is 0 Å². The summed E-state index contributed by atoms with van der Waals surface area (Å²) in [5.41, 5.74) is 2.69. The smallest absolute Gasteiger partial charge is 0.259 e. The van der Waals surface area contributed by atoms with Gasteiger partial charge in [-0.05, 0) is 66.4 Å². The normalized spacial score (nSPS) is 11.0. The second-order valence-electron chi connectivity index (χ2n) is 9.16. The summed E-state index contributed by atoms with van der Waals surface area (Å²) < 4.78 is 5.43. The van der Waals surface area contributed by atoms with E-state index in [0.29, 0.717) is 38.5 Å². The zero-order chi connectivity index (χ0) is 28.9. The molecule has 0 bridgehead atoms. The molecule has 0 saturated carbocycles. The molecule has 0 unspecified atom stereocenters. The van der Waals surface area contributed by atoms with Gasteiger partial charge in [0.2, 0.25) is 0 Å². The third-order valence-corrected chi connectivity index (χ3v) is 6.65. The number of methoxy groups -OCH3 is 1. The highest BCUT2D eigenvalue weighted by atomic mass is 35.5. The van der Waals surface area contributed by atoms with Gasteiger partial charge >= 0.3 is 0 Å². The first kappa shape index (κ1) is 27.4. The zero-order valence-electron chi connectivity index (χ0n) is 22.2. The maximum Gasteiger partial charge on any atom is 0.259 e. The third kappa shape index (κ3) is 6.03. The van der Waals surface area contributed by atoms with Crippen LogP contribution < -0.4 is 15.4 Å². The van der Waals surface area contributed by atoms with Crippen LogP contribution in [0.1, 0.15) is 26.3 Å². The zero-order valence-corrected chi connectivity index (χ0v) is 22.9. The molecule has 0 aliphatic heterocycles. The van der Waals surface area contributed by atoms with E-state index >= 15 is 0 Å². The molecule has 0 spiro atoms. The molecule has 5 aromatic carbocycles. The number of halogens is 1. The highest BCUT2D eigenvalue weighted by molar-refractivity contribution is 6.31. The Kier molecular flexibility index (Phi) is 7.94. The Labute approximate surface area is 241 Å². The number of benzene rings is 5. The molecule has 3 N–H and O–H groups in total. The van der Waals surface area contributed by atoms with Crippen molar-refractivity contribution in [2.24, 2.45) is 10.2 Å². The molecule has 5 aromatic rings. The molecule has 0 atom stereocenters. The Morgan fingerprint density at radius 2 is 1.59 bits per heavy atom. The minimum absolute atomic E-state index is 0.0139. The predicted molar refractivity (Wildman–Crippen MR) is 161 cm³/mol. The Morgan fingerprint density at radius 3 is 2.37 bits per heavy atom. The van der Waals surface area contributed by atoms with Crippen LogP contribution in [-0.4, -0.2) is 24.0 Å². The molecule has 0 fully saturated rings. The van der Waals surface area contributed by atoms with Gasteiger partial charge in [-0.25, -0.2) is 0 Å². The van der Waals surface area contributed by atoms with Crippen LogP contribution in [0.3, 0.4) is 0 Å².